The highest BCUT2D eigenvalue weighted by Crippen LogP contribution is 2.19. The number of amides is 1. The summed E-state index contributed by atoms with van der Waals surface area (Å²) in [5.74, 6) is 0.0713. The minimum Gasteiger partial charge on any atom is -0.388 e. The zero-order valence-corrected chi connectivity index (χ0v) is 11.3. The molecule has 1 aromatic rings. The number of anilines is 1. The Bertz CT molecular complexity index is 423. The molecule has 0 heterocycles. The number of carbonyl (C=O) groups is 1. The molecule has 0 spiro atoms. The van der Waals surface area contributed by atoms with E-state index in [1.165, 1.54) is 19.3 Å². The number of hydrogen-bond acceptors (Lipinski definition) is 2. The summed E-state index contributed by atoms with van der Waals surface area (Å²) in [4.78, 5) is 12.2. The maximum absolute atomic E-state index is 12.2. The fraction of sp³-hybridized carbons (Fsp3) is 0.533. The zero-order chi connectivity index (χ0) is 13.0. The van der Waals surface area contributed by atoms with Gasteiger partial charge in [-0.15, -0.1) is 0 Å². The Balaban J connectivity index is 2.03. The molecule has 98 valence electrons. The zero-order valence-electron chi connectivity index (χ0n) is 11.3. The molecule has 18 heavy (non-hydrogen) atoms. The highest BCUT2D eigenvalue weighted by molar-refractivity contribution is 5.96. The van der Waals surface area contributed by atoms with Crippen molar-refractivity contribution in [3.8, 4) is 0 Å². The molecule has 1 aromatic carbocycles. The Kier molecular flexibility index (Phi) is 4.24. The molecule has 0 unspecified atom stereocenters. The Morgan fingerprint density at radius 3 is 2.56 bits per heavy atom. The molecule has 1 aliphatic rings. The third-order valence-corrected chi connectivity index (χ3v) is 3.70. The van der Waals surface area contributed by atoms with Crippen molar-refractivity contribution in [2.75, 3.05) is 12.4 Å². The number of rotatable bonds is 3. The smallest absolute Gasteiger partial charge is 0.251 e. The van der Waals surface area contributed by atoms with E-state index in [0.717, 1.165) is 29.7 Å². The van der Waals surface area contributed by atoms with Crippen LogP contribution in [0.5, 0.6) is 0 Å². The predicted octanol–water partition coefficient (Wildman–Crippen LogP) is 3.10. The molecule has 0 radical (unpaired) electrons. The van der Waals surface area contributed by atoms with E-state index in [-0.39, 0.29) is 5.91 Å². The Labute approximate surface area is 109 Å². The highest BCUT2D eigenvalue weighted by Gasteiger charge is 2.17. The first-order valence-electron chi connectivity index (χ1n) is 6.80. The molecule has 0 atom stereocenters. The van der Waals surface area contributed by atoms with Gasteiger partial charge in [-0.25, -0.2) is 0 Å². The maximum atomic E-state index is 12.2. The van der Waals surface area contributed by atoms with E-state index in [9.17, 15) is 4.79 Å². The molecule has 0 aromatic heterocycles. The van der Waals surface area contributed by atoms with Crippen LogP contribution in [0, 0.1) is 6.92 Å². The monoisotopic (exact) mass is 246 g/mol. The summed E-state index contributed by atoms with van der Waals surface area (Å²) in [6, 6.07) is 6.23. The molecule has 3 heteroatoms. The minimum absolute atomic E-state index is 0.0713. The summed E-state index contributed by atoms with van der Waals surface area (Å²) in [5.41, 5.74) is 2.86. The minimum atomic E-state index is 0.0713. The number of carbonyl (C=O) groups excluding carboxylic acids is 1. The maximum Gasteiger partial charge on any atom is 0.251 e. The number of benzene rings is 1. The standard InChI is InChI=1S/C15H22N2O/c1-11-10-13(16-2)8-9-14(11)15(18)17-12-6-4-3-5-7-12/h8-10,12,16H,3-7H2,1-2H3,(H,17,18). The predicted molar refractivity (Wildman–Crippen MR) is 75.1 cm³/mol. The molecular formula is C15H22N2O. The SMILES string of the molecule is CNc1ccc(C(=O)NC2CCCCC2)c(C)c1. The van der Waals surface area contributed by atoms with Crippen molar-refractivity contribution in [3.05, 3.63) is 29.3 Å². The highest BCUT2D eigenvalue weighted by atomic mass is 16.1. The Morgan fingerprint density at radius 2 is 1.94 bits per heavy atom. The van der Waals surface area contributed by atoms with Crippen molar-refractivity contribution in [2.45, 2.75) is 45.1 Å². The Morgan fingerprint density at radius 1 is 1.22 bits per heavy atom. The van der Waals surface area contributed by atoms with Gasteiger partial charge in [-0.3, -0.25) is 4.79 Å². The number of aryl methyl sites for hydroxylation is 1. The van der Waals surface area contributed by atoms with Crippen molar-refractivity contribution in [2.24, 2.45) is 0 Å². The van der Waals surface area contributed by atoms with Gasteiger partial charge < -0.3 is 10.6 Å². The van der Waals surface area contributed by atoms with Gasteiger partial charge >= 0.3 is 0 Å². The van der Waals surface area contributed by atoms with Crippen molar-refractivity contribution in [1.82, 2.24) is 5.32 Å². The summed E-state index contributed by atoms with van der Waals surface area (Å²) in [7, 11) is 1.89. The average molecular weight is 246 g/mol. The van der Waals surface area contributed by atoms with Crippen molar-refractivity contribution < 1.29 is 4.79 Å². The van der Waals surface area contributed by atoms with E-state index in [4.69, 9.17) is 0 Å². The van der Waals surface area contributed by atoms with E-state index < -0.39 is 0 Å². The summed E-state index contributed by atoms with van der Waals surface area (Å²) < 4.78 is 0. The largest absolute Gasteiger partial charge is 0.388 e. The van der Waals surface area contributed by atoms with Crippen molar-refractivity contribution in [1.29, 1.82) is 0 Å². The first kappa shape index (κ1) is 12.9. The molecule has 3 nitrogen and oxygen atoms in total. The molecule has 0 saturated heterocycles. The molecule has 1 saturated carbocycles. The van der Waals surface area contributed by atoms with Crippen LogP contribution in [0.4, 0.5) is 5.69 Å². The quantitative estimate of drug-likeness (QED) is 0.860. The summed E-state index contributed by atoms with van der Waals surface area (Å²) in [6.07, 6.45) is 6.03. The van der Waals surface area contributed by atoms with Crippen molar-refractivity contribution >= 4 is 11.6 Å². The Hall–Kier alpha value is -1.51. The summed E-state index contributed by atoms with van der Waals surface area (Å²) >= 11 is 0. The second-order valence-corrected chi connectivity index (χ2v) is 5.09. The number of hydrogen-bond donors (Lipinski definition) is 2. The molecule has 1 fully saturated rings. The lowest BCUT2D eigenvalue weighted by atomic mass is 9.95. The third kappa shape index (κ3) is 3.03. The lowest BCUT2D eigenvalue weighted by Gasteiger charge is -2.23. The van der Waals surface area contributed by atoms with Gasteiger partial charge in [-0.2, -0.15) is 0 Å². The van der Waals surface area contributed by atoms with Crippen molar-refractivity contribution in [3.63, 3.8) is 0 Å². The van der Waals surface area contributed by atoms with E-state index in [2.05, 4.69) is 10.6 Å². The normalized spacial score (nSPS) is 16.3. The molecule has 0 aliphatic heterocycles. The van der Waals surface area contributed by atoms with Crippen LogP contribution in [0.1, 0.15) is 48.0 Å². The molecule has 0 bridgehead atoms. The molecular weight excluding hydrogens is 224 g/mol. The van der Waals surface area contributed by atoms with Gasteiger partial charge in [-0.1, -0.05) is 19.3 Å². The first-order valence-corrected chi connectivity index (χ1v) is 6.80. The summed E-state index contributed by atoms with van der Waals surface area (Å²) in [6.45, 7) is 1.98. The van der Waals surface area contributed by atoms with Crippen LogP contribution >= 0.6 is 0 Å². The third-order valence-electron chi connectivity index (χ3n) is 3.70. The first-order chi connectivity index (χ1) is 8.70. The average Bonchev–Trinajstić information content (AvgIpc) is 2.39. The molecule has 2 rings (SSSR count). The topological polar surface area (TPSA) is 41.1 Å². The van der Waals surface area contributed by atoms with E-state index in [1.54, 1.807) is 0 Å². The second-order valence-electron chi connectivity index (χ2n) is 5.09. The van der Waals surface area contributed by atoms with Gasteiger partial charge in [0.05, 0.1) is 0 Å². The van der Waals surface area contributed by atoms with Gasteiger partial charge in [0.25, 0.3) is 5.91 Å². The molecule has 1 aliphatic carbocycles. The lowest BCUT2D eigenvalue weighted by molar-refractivity contribution is 0.0927. The number of nitrogens with one attached hydrogen (secondary N) is 2. The van der Waals surface area contributed by atoms with Gasteiger partial charge in [0.2, 0.25) is 0 Å². The van der Waals surface area contributed by atoms with Crippen LogP contribution in [0.25, 0.3) is 0 Å². The van der Waals surface area contributed by atoms with Crippen LogP contribution in [0.2, 0.25) is 0 Å². The van der Waals surface area contributed by atoms with Crippen LogP contribution in [0.3, 0.4) is 0 Å². The van der Waals surface area contributed by atoms with Gasteiger partial charge in [0.1, 0.15) is 0 Å². The van der Waals surface area contributed by atoms with E-state index in [1.807, 2.05) is 32.2 Å². The lowest BCUT2D eigenvalue weighted by Crippen LogP contribution is -2.36. The van der Waals surface area contributed by atoms with E-state index >= 15 is 0 Å². The van der Waals surface area contributed by atoms with E-state index in [0.29, 0.717) is 6.04 Å². The fourth-order valence-electron chi connectivity index (χ4n) is 2.58. The summed E-state index contributed by atoms with van der Waals surface area (Å²) in [5, 5.41) is 6.24. The molecule has 1 amide bonds. The molecule has 2 N–H and O–H groups in total. The van der Waals surface area contributed by atoms with Crippen LogP contribution in [-0.4, -0.2) is 19.0 Å². The van der Waals surface area contributed by atoms with Gasteiger partial charge in [-0.05, 0) is 43.5 Å². The van der Waals surface area contributed by atoms with Crippen LogP contribution < -0.4 is 10.6 Å². The second kappa shape index (κ2) is 5.89. The van der Waals surface area contributed by atoms with Crippen LogP contribution in [-0.2, 0) is 0 Å². The van der Waals surface area contributed by atoms with Gasteiger partial charge in [0.15, 0.2) is 0 Å². The van der Waals surface area contributed by atoms with Crippen LogP contribution in [0.15, 0.2) is 18.2 Å². The fourth-order valence-corrected chi connectivity index (χ4v) is 2.58. The van der Waals surface area contributed by atoms with Gasteiger partial charge in [0, 0.05) is 24.3 Å².